The quantitative estimate of drug-likeness (QED) is 0.297. The number of carbonyl (C=O) groups excluding carboxylic acids is 1. The van der Waals surface area contributed by atoms with Crippen molar-refractivity contribution in [2.45, 2.75) is 65.0 Å². The van der Waals surface area contributed by atoms with Gasteiger partial charge in [-0.05, 0) is 39.2 Å². The number of ether oxygens (including phenoxy) is 2. The Morgan fingerprint density at radius 2 is 2.07 bits per heavy atom. The van der Waals surface area contributed by atoms with Crippen molar-refractivity contribution in [3.05, 3.63) is 23.2 Å². The molecule has 1 aromatic rings. The van der Waals surface area contributed by atoms with Crippen molar-refractivity contribution in [1.29, 1.82) is 0 Å². The van der Waals surface area contributed by atoms with Crippen LogP contribution in [-0.2, 0) is 16.0 Å². The minimum atomic E-state index is -0.394. The Hall–Kier alpha value is -2.02. The van der Waals surface area contributed by atoms with E-state index in [0.29, 0.717) is 29.7 Å². The summed E-state index contributed by atoms with van der Waals surface area (Å²) < 4.78 is 16.3. The highest BCUT2D eigenvalue weighted by atomic mass is 16.5. The summed E-state index contributed by atoms with van der Waals surface area (Å²) in [7, 11) is 1.36. The molecule has 0 unspecified atom stereocenters. The Bertz CT molecular complexity index is 606. The summed E-state index contributed by atoms with van der Waals surface area (Å²) >= 11 is 0. The fraction of sp³-hybridized carbons (Fsp3) is 0.700. The second kappa shape index (κ2) is 11.6. The minimum Gasteiger partial charge on any atom is -0.465 e. The lowest BCUT2D eigenvalue weighted by atomic mass is 9.98. The first kappa shape index (κ1) is 21.3. The normalized spacial score (nSPS) is 15.6. The third-order valence-corrected chi connectivity index (χ3v) is 4.63. The molecule has 0 aromatic carbocycles. The van der Waals surface area contributed by atoms with Gasteiger partial charge in [0.2, 0.25) is 0 Å². The van der Waals surface area contributed by atoms with Crippen LogP contribution in [0.3, 0.4) is 0 Å². The van der Waals surface area contributed by atoms with Gasteiger partial charge in [0, 0.05) is 19.7 Å². The zero-order chi connectivity index (χ0) is 19.5. The molecule has 0 amide bonds. The molecule has 1 aliphatic rings. The highest BCUT2D eigenvalue weighted by Gasteiger charge is 2.15. The first-order valence-corrected chi connectivity index (χ1v) is 9.95. The van der Waals surface area contributed by atoms with E-state index in [1.807, 2.05) is 6.92 Å². The molecule has 152 valence electrons. The maximum absolute atomic E-state index is 11.7. The first-order valence-electron chi connectivity index (χ1n) is 9.95. The Kier molecular flexibility index (Phi) is 9.18. The fourth-order valence-corrected chi connectivity index (χ4v) is 3.19. The molecule has 1 saturated carbocycles. The molecule has 0 saturated heterocycles. The second-order valence-electron chi connectivity index (χ2n) is 6.78. The molecule has 2 rings (SSSR count). The third kappa shape index (κ3) is 7.25. The summed E-state index contributed by atoms with van der Waals surface area (Å²) in [6.45, 7) is 6.46. The maximum atomic E-state index is 11.7. The molecule has 0 atom stereocenters. The van der Waals surface area contributed by atoms with E-state index in [2.05, 4.69) is 15.6 Å². The van der Waals surface area contributed by atoms with Crippen LogP contribution in [0.25, 0.3) is 0 Å². The third-order valence-electron chi connectivity index (χ3n) is 4.63. The van der Waals surface area contributed by atoms with E-state index < -0.39 is 5.97 Å². The van der Waals surface area contributed by atoms with Gasteiger partial charge in [0.05, 0.1) is 13.2 Å². The van der Waals surface area contributed by atoms with Crippen LogP contribution in [0.4, 0.5) is 0 Å². The van der Waals surface area contributed by atoms with Gasteiger partial charge in [-0.2, -0.15) is 0 Å². The number of guanidine groups is 1. The largest absolute Gasteiger partial charge is 0.465 e. The lowest BCUT2D eigenvalue weighted by molar-refractivity contribution is 0.0277. The number of aliphatic imine (C=N–C) groups is 1. The molecule has 2 N–H and O–H groups in total. The number of methoxy groups -OCH3 is 1. The van der Waals surface area contributed by atoms with Crippen molar-refractivity contribution in [3.8, 4) is 0 Å². The van der Waals surface area contributed by atoms with E-state index in [9.17, 15) is 4.79 Å². The van der Waals surface area contributed by atoms with Crippen LogP contribution in [0.15, 0.2) is 15.5 Å². The number of furan rings is 1. The Morgan fingerprint density at radius 3 is 2.78 bits per heavy atom. The van der Waals surface area contributed by atoms with Gasteiger partial charge in [-0.15, -0.1) is 0 Å². The SMILES string of the molecule is CCNC(=NCc1cc(C(=O)OC)c(C)o1)NCCCOC1CCCCC1. The number of nitrogens with zero attached hydrogens (tertiary/aromatic N) is 1. The molecule has 1 heterocycles. The van der Waals surface area contributed by atoms with Crippen molar-refractivity contribution in [2.75, 3.05) is 26.8 Å². The Labute approximate surface area is 161 Å². The summed E-state index contributed by atoms with van der Waals surface area (Å²) in [4.78, 5) is 16.2. The van der Waals surface area contributed by atoms with Crippen molar-refractivity contribution in [3.63, 3.8) is 0 Å². The average molecular weight is 380 g/mol. The number of hydrogen-bond donors (Lipinski definition) is 2. The van der Waals surface area contributed by atoms with Crippen LogP contribution >= 0.6 is 0 Å². The van der Waals surface area contributed by atoms with E-state index in [4.69, 9.17) is 13.9 Å². The van der Waals surface area contributed by atoms with Gasteiger partial charge < -0.3 is 24.5 Å². The lowest BCUT2D eigenvalue weighted by Crippen LogP contribution is -2.38. The molecule has 0 spiro atoms. The van der Waals surface area contributed by atoms with Gasteiger partial charge in [-0.3, -0.25) is 0 Å². The van der Waals surface area contributed by atoms with Gasteiger partial charge in [-0.1, -0.05) is 19.3 Å². The lowest BCUT2D eigenvalue weighted by Gasteiger charge is -2.22. The first-order chi connectivity index (χ1) is 13.1. The number of hydrogen-bond acceptors (Lipinski definition) is 5. The zero-order valence-corrected chi connectivity index (χ0v) is 16.8. The fourth-order valence-electron chi connectivity index (χ4n) is 3.19. The highest BCUT2D eigenvalue weighted by Crippen LogP contribution is 2.20. The Balaban J connectivity index is 1.75. The zero-order valence-electron chi connectivity index (χ0n) is 16.8. The van der Waals surface area contributed by atoms with E-state index >= 15 is 0 Å². The van der Waals surface area contributed by atoms with Crippen LogP contribution in [-0.4, -0.2) is 44.8 Å². The molecule has 1 aromatic heterocycles. The molecule has 0 aliphatic heterocycles. The number of rotatable bonds is 9. The Morgan fingerprint density at radius 1 is 1.30 bits per heavy atom. The van der Waals surface area contributed by atoms with Gasteiger partial charge >= 0.3 is 5.97 Å². The number of aryl methyl sites for hydroxylation is 1. The van der Waals surface area contributed by atoms with Crippen molar-refractivity contribution in [2.24, 2.45) is 4.99 Å². The summed E-state index contributed by atoms with van der Waals surface area (Å²) in [6.07, 6.45) is 7.73. The van der Waals surface area contributed by atoms with Crippen LogP contribution in [0.1, 0.15) is 67.3 Å². The van der Waals surface area contributed by atoms with Crippen LogP contribution in [0.2, 0.25) is 0 Å². The summed E-state index contributed by atoms with van der Waals surface area (Å²) in [6, 6.07) is 1.69. The molecule has 1 fully saturated rings. The topological polar surface area (TPSA) is 85.1 Å². The monoisotopic (exact) mass is 379 g/mol. The standard InChI is InChI=1S/C20H33N3O4/c1-4-21-20(22-11-8-12-26-16-9-6-5-7-10-16)23-14-17-13-18(15(2)27-17)19(24)25-3/h13,16H,4-12,14H2,1-3H3,(H2,21,22,23). The number of nitrogens with one attached hydrogen (secondary N) is 2. The minimum absolute atomic E-state index is 0.353. The molecule has 27 heavy (non-hydrogen) atoms. The number of esters is 1. The van der Waals surface area contributed by atoms with E-state index in [1.165, 1.54) is 39.2 Å². The molecule has 0 bridgehead atoms. The highest BCUT2D eigenvalue weighted by molar-refractivity contribution is 5.90. The summed E-state index contributed by atoms with van der Waals surface area (Å²) in [5.41, 5.74) is 0.445. The van der Waals surface area contributed by atoms with E-state index in [0.717, 1.165) is 32.1 Å². The molecule has 0 radical (unpaired) electrons. The van der Waals surface area contributed by atoms with Crippen molar-refractivity contribution >= 4 is 11.9 Å². The molecular formula is C20H33N3O4. The maximum Gasteiger partial charge on any atom is 0.341 e. The predicted molar refractivity (Wildman–Crippen MR) is 105 cm³/mol. The van der Waals surface area contributed by atoms with Gasteiger partial charge in [0.15, 0.2) is 5.96 Å². The van der Waals surface area contributed by atoms with Crippen LogP contribution in [0.5, 0.6) is 0 Å². The van der Waals surface area contributed by atoms with Crippen LogP contribution in [0, 0.1) is 6.92 Å². The average Bonchev–Trinajstić information content (AvgIpc) is 3.06. The summed E-state index contributed by atoms with van der Waals surface area (Å²) in [5.74, 6) is 1.51. The molecule has 7 heteroatoms. The van der Waals surface area contributed by atoms with Gasteiger partial charge in [-0.25, -0.2) is 9.79 Å². The molecular weight excluding hydrogens is 346 g/mol. The smallest absolute Gasteiger partial charge is 0.341 e. The summed E-state index contributed by atoms with van der Waals surface area (Å²) in [5, 5.41) is 6.52. The second-order valence-corrected chi connectivity index (χ2v) is 6.78. The van der Waals surface area contributed by atoms with Gasteiger partial charge in [0.25, 0.3) is 0 Å². The molecule has 7 nitrogen and oxygen atoms in total. The van der Waals surface area contributed by atoms with Crippen molar-refractivity contribution in [1.82, 2.24) is 10.6 Å². The number of carbonyl (C=O) groups is 1. The van der Waals surface area contributed by atoms with E-state index in [-0.39, 0.29) is 0 Å². The van der Waals surface area contributed by atoms with Crippen molar-refractivity contribution < 1.29 is 18.7 Å². The predicted octanol–water partition coefficient (Wildman–Crippen LogP) is 3.17. The van der Waals surface area contributed by atoms with Crippen LogP contribution < -0.4 is 10.6 Å². The van der Waals surface area contributed by atoms with Gasteiger partial charge in [0.1, 0.15) is 23.6 Å². The van der Waals surface area contributed by atoms with E-state index in [1.54, 1.807) is 13.0 Å². The molecule has 1 aliphatic carbocycles.